The van der Waals surface area contributed by atoms with Crippen LogP contribution in [0.2, 0.25) is 0 Å². The number of nitrogens with zero attached hydrogens (tertiary/aromatic N) is 3. The summed E-state index contributed by atoms with van der Waals surface area (Å²) in [5.41, 5.74) is 3.30. The molecule has 0 saturated carbocycles. The number of benzene rings is 1. The molecular formula is C14H15N3. The maximum Gasteiger partial charge on any atom is 0.155 e. The summed E-state index contributed by atoms with van der Waals surface area (Å²) in [5, 5.41) is 0. The van der Waals surface area contributed by atoms with Gasteiger partial charge in [-0.15, -0.1) is 0 Å². The van der Waals surface area contributed by atoms with E-state index in [0.717, 1.165) is 36.3 Å². The highest BCUT2D eigenvalue weighted by Crippen LogP contribution is 2.18. The van der Waals surface area contributed by atoms with Gasteiger partial charge in [-0.2, -0.15) is 0 Å². The molecule has 0 unspecified atom stereocenters. The summed E-state index contributed by atoms with van der Waals surface area (Å²) in [6.07, 6.45) is 7.29. The lowest BCUT2D eigenvalue weighted by atomic mass is 10.1. The van der Waals surface area contributed by atoms with Crippen molar-refractivity contribution in [1.82, 2.24) is 9.55 Å². The third-order valence-corrected chi connectivity index (χ3v) is 3.17. The van der Waals surface area contributed by atoms with E-state index in [4.69, 9.17) is 0 Å². The standard InChI is InChI=1S/C14H15N3/c1-17-13-9-5-4-7-11(13)16-14(17)12-8-3-2-6-10-15-12/h4-7,9-10H,2-3,8H2,1H3. The van der Waals surface area contributed by atoms with E-state index in [1.807, 2.05) is 24.4 Å². The molecule has 86 valence electrons. The van der Waals surface area contributed by atoms with Crippen LogP contribution in [0, 0.1) is 0 Å². The van der Waals surface area contributed by atoms with E-state index in [9.17, 15) is 0 Å². The number of fused-ring (bicyclic) bond motifs is 1. The topological polar surface area (TPSA) is 30.2 Å². The van der Waals surface area contributed by atoms with Gasteiger partial charge in [-0.25, -0.2) is 4.98 Å². The van der Waals surface area contributed by atoms with Crippen LogP contribution < -0.4 is 0 Å². The van der Waals surface area contributed by atoms with E-state index < -0.39 is 0 Å². The number of hydrogen-bond acceptors (Lipinski definition) is 2. The van der Waals surface area contributed by atoms with Gasteiger partial charge in [-0.3, -0.25) is 4.99 Å². The highest BCUT2D eigenvalue weighted by Gasteiger charge is 2.13. The average molecular weight is 225 g/mol. The van der Waals surface area contributed by atoms with Crippen LogP contribution in [0.1, 0.15) is 25.1 Å². The van der Waals surface area contributed by atoms with Gasteiger partial charge < -0.3 is 4.57 Å². The molecule has 0 N–H and O–H groups in total. The van der Waals surface area contributed by atoms with E-state index >= 15 is 0 Å². The molecule has 1 aromatic carbocycles. The summed E-state index contributed by atoms with van der Waals surface area (Å²) in [5.74, 6) is 0.998. The normalized spacial score (nSPS) is 15.9. The molecule has 0 amide bonds. The van der Waals surface area contributed by atoms with Gasteiger partial charge in [0.15, 0.2) is 5.82 Å². The number of allylic oxidation sites excluding steroid dienone is 1. The molecule has 0 radical (unpaired) electrons. The summed E-state index contributed by atoms with van der Waals surface area (Å²) in [6, 6.07) is 8.21. The lowest BCUT2D eigenvalue weighted by Gasteiger charge is -2.03. The summed E-state index contributed by atoms with van der Waals surface area (Å²) < 4.78 is 2.13. The summed E-state index contributed by atoms with van der Waals surface area (Å²) in [4.78, 5) is 9.18. The minimum Gasteiger partial charge on any atom is -0.326 e. The molecule has 2 heterocycles. The predicted octanol–water partition coefficient (Wildman–Crippen LogP) is 3.06. The summed E-state index contributed by atoms with van der Waals surface area (Å²) >= 11 is 0. The van der Waals surface area contributed by atoms with Crippen LogP contribution in [-0.4, -0.2) is 15.3 Å². The lowest BCUT2D eigenvalue weighted by molar-refractivity contribution is 0.875. The fourth-order valence-electron chi connectivity index (χ4n) is 2.24. The molecule has 1 aliphatic heterocycles. The second-order valence-electron chi connectivity index (χ2n) is 4.34. The molecule has 3 rings (SSSR count). The molecule has 0 aliphatic carbocycles. The summed E-state index contributed by atoms with van der Waals surface area (Å²) in [7, 11) is 2.06. The minimum absolute atomic E-state index is 0.998. The highest BCUT2D eigenvalue weighted by molar-refractivity contribution is 6.00. The number of para-hydroxylation sites is 2. The van der Waals surface area contributed by atoms with Gasteiger partial charge in [-0.1, -0.05) is 18.2 Å². The van der Waals surface area contributed by atoms with E-state index in [0.29, 0.717) is 0 Å². The number of aromatic nitrogens is 2. The quantitative estimate of drug-likeness (QED) is 0.733. The monoisotopic (exact) mass is 225 g/mol. The van der Waals surface area contributed by atoms with Gasteiger partial charge in [0.25, 0.3) is 0 Å². The maximum atomic E-state index is 4.68. The van der Waals surface area contributed by atoms with Crippen molar-refractivity contribution in [2.75, 3.05) is 0 Å². The van der Waals surface area contributed by atoms with E-state index in [1.165, 1.54) is 5.52 Å². The molecule has 17 heavy (non-hydrogen) atoms. The Kier molecular flexibility index (Phi) is 2.52. The smallest absolute Gasteiger partial charge is 0.155 e. The third-order valence-electron chi connectivity index (χ3n) is 3.17. The van der Waals surface area contributed by atoms with Crippen molar-refractivity contribution >= 4 is 16.7 Å². The molecule has 0 fully saturated rings. The molecule has 0 saturated heterocycles. The van der Waals surface area contributed by atoms with Crippen molar-refractivity contribution in [3.05, 3.63) is 42.4 Å². The number of hydrogen-bond donors (Lipinski definition) is 0. The Morgan fingerprint density at radius 1 is 1.24 bits per heavy atom. The largest absolute Gasteiger partial charge is 0.326 e. The van der Waals surface area contributed by atoms with Crippen molar-refractivity contribution in [2.24, 2.45) is 12.0 Å². The molecular weight excluding hydrogens is 210 g/mol. The molecule has 0 spiro atoms. The number of rotatable bonds is 1. The first-order valence-corrected chi connectivity index (χ1v) is 6.00. The van der Waals surface area contributed by atoms with Crippen LogP contribution in [0.5, 0.6) is 0 Å². The Bertz CT molecular complexity index is 605. The third kappa shape index (κ3) is 1.78. The second kappa shape index (κ2) is 4.17. The Morgan fingerprint density at radius 2 is 2.12 bits per heavy atom. The highest BCUT2D eigenvalue weighted by atomic mass is 15.1. The van der Waals surface area contributed by atoms with Gasteiger partial charge >= 0.3 is 0 Å². The second-order valence-corrected chi connectivity index (χ2v) is 4.34. The van der Waals surface area contributed by atoms with Crippen molar-refractivity contribution in [3.8, 4) is 0 Å². The summed E-state index contributed by atoms with van der Waals surface area (Å²) in [6.45, 7) is 0. The van der Waals surface area contributed by atoms with Crippen LogP contribution in [0.4, 0.5) is 0 Å². The average Bonchev–Trinajstić information content (AvgIpc) is 2.57. The Morgan fingerprint density at radius 3 is 3.00 bits per heavy atom. The molecule has 0 atom stereocenters. The Hall–Kier alpha value is -1.90. The van der Waals surface area contributed by atoms with Crippen LogP contribution in [0.15, 0.2) is 41.5 Å². The number of aryl methyl sites for hydroxylation is 1. The van der Waals surface area contributed by atoms with E-state index in [1.54, 1.807) is 0 Å². The van der Waals surface area contributed by atoms with Crippen molar-refractivity contribution in [1.29, 1.82) is 0 Å². The fraction of sp³-hybridized carbons (Fsp3) is 0.286. The van der Waals surface area contributed by atoms with Gasteiger partial charge in [0.1, 0.15) is 0 Å². The SMILES string of the molecule is Cn1c(C2=NC=CCCC2)nc2ccccc21. The van der Waals surface area contributed by atoms with E-state index in [-0.39, 0.29) is 0 Å². The number of aliphatic imine (C=N–C) groups is 1. The minimum atomic E-state index is 0.998. The van der Waals surface area contributed by atoms with Gasteiger partial charge in [0.2, 0.25) is 0 Å². The van der Waals surface area contributed by atoms with Crippen LogP contribution in [-0.2, 0) is 7.05 Å². The molecule has 3 heteroatoms. The Labute approximate surface area is 101 Å². The molecule has 0 bridgehead atoms. The zero-order valence-electron chi connectivity index (χ0n) is 9.93. The molecule has 1 aliphatic rings. The Balaban J connectivity index is 2.14. The molecule has 1 aromatic heterocycles. The van der Waals surface area contributed by atoms with Crippen LogP contribution in [0.3, 0.4) is 0 Å². The fourth-order valence-corrected chi connectivity index (χ4v) is 2.24. The van der Waals surface area contributed by atoms with Crippen LogP contribution in [0.25, 0.3) is 11.0 Å². The van der Waals surface area contributed by atoms with Crippen molar-refractivity contribution in [2.45, 2.75) is 19.3 Å². The zero-order chi connectivity index (χ0) is 11.7. The van der Waals surface area contributed by atoms with Gasteiger partial charge in [-0.05, 0) is 31.4 Å². The first kappa shape index (κ1) is 10.3. The zero-order valence-corrected chi connectivity index (χ0v) is 9.93. The number of imidazole rings is 1. The van der Waals surface area contributed by atoms with E-state index in [2.05, 4.69) is 33.7 Å². The first-order chi connectivity index (χ1) is 8.36. The first-order valence-electron chi connectivity index (χ1n) is 6.00. The molecule has 2 aromatic rings. The predicted molar refractivity (Wildman–Crippen MR) is 70.2 cm³/mol. The molecule has 3 nitrogen and oxygen atoms in total. The van der Waals surface area contributed by atoms with Crippen molar-refractivity contribution < 1.29 is 0 Å². The maximum absolute atomic E-state index is 4.68. The van der Waals surface area contributed by atoms with Gasteiger partial charge in [0, 0.05) is 13.2 Å². The lowest BCUT2D eigenvalue weighted by Crippen LogP contribution is -2.08. The van der Waals surface area contributed by atoms with Crippen LogP contribution >= 0.6 is 0 Å². The van der Waals surface area contributed by atoms with Crippen molar-refractivity contribution in [3.63, 3.8) is 0 Å². The van der Waals surface area contributed by atoms with Gasteiger partial charge in [0.05, 0.1) is 16.7 Å².